The summed E-state index contributed by atoms with van der Waals surface area (Å²) >= 11 is 5.25. The summed E-state index contributed by atoms with van der Waals surface area (Å²) in [5.74, 6) is 0.223. The van der Waals surface area contributed by atoms with Crippen LogP contribution in [0.2, 0.25) is 0 Å². The Hall–Kier alpha value is -0.710. The summed E-state index contributed by atoms with van der Waals surface area (Å²) < 4.78 is 1.16. The monoisotopic (exact) mass is 310 g/mol. The molecule has 17 heavy (non-hydrogen) atoms. The molecule has 0 aliphatic rings. The van der Waals surface area contributed by atoms with Crippen LogP contribution < -0.4 is 5.73 Å². The van der Waals surface area contributed by atoms with Gasteiger partial charge in [-0.15, -0.1) is 11.3 Å². The first-order valence-corrected chi connectivity index (χ1v) is 7.13. The SMILES string of the molecule is Cc1cc(C(N)C(C)c2ccccn2)sc1Br. The minimum absolute atomic E-state index is 0.0000926. The number of aromatic nitrogens is 1. The fourth-order valence-corrected chi connectivity index (χ4v) is 3.40. The van der Waals surface area contributed by atoms with Crippen LogP contribution in [0.4, 0.5) is 0 Å². The van der Waals surface area contributed by atoms with E-state index in [1.54, 1.807) is 11.3 Å². The first-order chi connectivity index (χ1) is 8.09. The van der Waals surface area contributed by atoms with Crippen LogP contribution in [-0.4, -0.2) is 4.98 Å². The number of nitrogens with zero attached hydrogens (tertiary/aromatic N) is 1. The van der Waals surface area contributed by atoms with Crippen LogP contribution in [0.15, 0.2) is 34.2 Å². The molecule has 2 heterocycles. The lowest BCUT2D eigenvalue weighted by Crippen LogP contribution is -2.17. The lowest BCUT2D eigenvalue weighted by molar-refractivity contribution is 0.592. The Kier molecular flexibility index (Phi) is 3.97. The standard InChI is InChI=1S/C13H15BrN2S/c1-8-7-11(17-13(8)14)12(15)9(2)10-5-3-4-6-16-10/h3-7,9,12H,15H2,1-2H3. The Morgan fingerprint density at radius 2 is 2.18 bits per heavy atom. The number of halogens is 1. The van der Waals surface area contributed by atoms with Gasteiger partial charge in [-0.1, -0.05) is 13.0 Å². The molecule has 0 aliphatic carbocycles. The van der Waals surface area contributed by atoms with Crippen LogP contribution in [0, 0.1) is 6.92 Å². The summed E-state index contributed by atoms with van der Waals surface area (Å²) in [6.45, 7) is 4.21. The molecule has 0 fully saturated rings. The van der Waals surface area contributed by atoms with Gasteiger partial charge in [-0.05, 0) is 46.6 Å². The summed E-state index contributed by atoms with van der Waals surface area (Å²) in [6, 6.07) is 8.10. The highest BCUT2D eigenvalue weighted by Crippen LogP contribution is 2.35. The molecule has 2 atom stereocenters. The molecule has 0 saturated heterocycles. The Labute approximate surface area is 114 Å². The number of thiophene rings is 1. The Morgan fingerprint density at radius 3 is 2.71 bits per heavy atom. The molecule has 2 rings (SSSR count). The molecule has 2 aromatic rings. The van der Waals surface area contributed by atoms with Gasteiger partial charge >= 0.3 is 0 Å². The number of hydrogen-bond donors (Lipinski definition) is 1. The highest BCUT2D eigenvalue weighted by molar-refractivity contribution is 9.11. The normalized spacial score (nSPS) is 14.6. The fraction of sp³-hybridized carbons (Fsp3) is 0.308. The van der Waals surface area contributed by atoms with E-state index >= 15 is 0 Å². The van der Waals surface area contributed by atoms with Gasteiger partial charge in [0.25, 0.3) is 0 Å². The molecule has 0 radical (unpaired) electrons. The van der Waals surface area contributed by atoms with Crippen molar-refractivity contribution in [2.75, 3.05) is 0 Å². The van der Waals surface area contributed by atoms with Gasteiger partial charge in [0, 0.05) is 28.7 Å². The fourth-order valence-electron chi connectivity index (χ4n) is 1.72. The molecule has 0 spiro atoms. The van der Waals surface area contributed by atoms with Gasteiger partial charge in [0.1, 0.15) is 0 Å². The van der Waals surface area contributed by atoms with Crippen molar-refractivity contribution in [1.29, 1.82) is 0 Å². The number of rotatable bonds is 3. The molecule has 2 N–H and O–H groups in total. The molecule has 2 unspecified atom stereocenters. The van der Waals surface area contributed by atoms with E-state index in [0.717, 1.165) is 9.48 Å². The number of aryl methyl sites for hydroxylation is 1. The second-order valence-corrected chi connectivity index (χ2v) is 6.58. The van der Waals surface area contributed by atoms with Crippen molar-refractivity contribution in [3.05, 3.63) is 50.4 Å². The van der Waals surface area contributed by atoms with Crippen LogP contribution >= 0.6 is 27.3 Å². The summed E-state index contributed by atoms with van der Waals surface area (Å²) in [4.78, 5) is 5.57. The first-order valence-electron chi connectivity index (χ1n) is 5.52. The van der Waals surface area contributed by atoms with Gasteiger partial charge in [-0.3, -0.25) is 4.98 Å². The number of pyridine rings is 1. The van der Waals surface area contributed by atoms with Crippen LogP contribution in [0.5, 0.6) is 0 Å². The van der Waals surface area contributed by atoms with Gasteiger partial charge < -0.3 is 5.73 Å². The Balaban J connectivity index is 2.23. The van der Waals surface area contributed by atoms with Gasteiger partial charge in [-0.2, -0.15) is 0 Å². The molecule has 2 nitrogen and oxygen atoms in total. The average Bonchev–Trinajstić information content (AvgIpc) is 2.69. The molecule has 0 aliphatic heterocycles. The molecule has 90 valence electrons. The van der Waals surface area contributed by atoms with E-state index in [1.807, 2.05) is 24.4 Å². The second kappa shape index (κ2) is 5.29. The summed E-state index contributed by atoms with van der Waals surface area (Å²) in [5.41, 5.74) is 8.59. The van der Waals surface area contributed by atoms with Gasteiger partial charge in [0.15, 0.2) is 0 Å². The van der Waals surface area contributed by atoms with E-state index in [2.05, 4.69) is 40.8 Å². The van der Waals surface area contributed by atoms with E-state index in [0.29, 0.717) is 0 Å². The summed E-state index contributed by atoms with van der Waals surface area (Å²) in [7, 11) is 0. The van der Waals surface area contributed by atoms with Crippen LogP contribution in [-0.2, 0) is 0 Å². The van der Waals surface area contributed by atoms with Crippen LogP contribution in [0.1, 0.15) is 35.0 Å². The summed E-state index contributed by atoms with van der Waals surface area (Å²) in [6.07, 6.45) is 1.81. The molecule has 2 aromatic heterocycles. The topological polar surface area (TPSA) is 38.9 Å². The highest BCUT2D eigenvalue weighted by Gasteiger charge is 2.20. The third-order valence-corrected chi connectivity index (χ3v) is 5.14. The van der Waals surface area contributed by atoms with Gasteiger partial charge in [0.2, 0.25) is 0 Å². The molecule has 0 bridgehead atoms. The number of nitrogens with two attached hydrogens (primary N) is 1. The zero-order chi connectivity index (χ0) is 12.4. The smallest absolute Gasteiger partial charge is 0.0731 e. The molecular weight excluding hydrogens is 296 g/mol. The largest absolute Gasteiger partial charge is 0.323 e. The Bertz CT molecular complexity index is 476. The van der Waals surface area contributed by atoms with Crippen molar-refractivity contribution in [3.8, 4) is 0 Å². The predicted molar refractivity (Wildman–Crippen MR) is 76.3 cm³/mol. The zero-order valence-electron chi connectivity index (χ0n) is 9.85. The Morgan fingerprint density at radius 1 is 1.41 bits per heavy atom. The van der Waals surface area contributed by atoms with E-state index in [9.17, 15) is 0 Å². The van der Waals surface area contributed by atoms with Crippen molar-refractivity contribution in [2.24, 2.45) is 5.73 Å². The predicted octanol–water partition coefficient (Wildman–Crippen LogP) is 4.02. The lowest BCUT2D eigenvalue weighted by atomic mass is 9.97. The maximum atomic E-state index is 6.30. The average molecular weight is 311 g/mol. The second-order valence-electron chi connectivity index (χ2n) is 4.17. The van der Waals surface area contributed by atoms with Gasteiger partial charge in [-0.25, -0.2) is 0 Å². The molecule has 0 amide bonds. The van der Waals surface area contributed by atoms with Crippen molar-refractivity contribution in [2.45, 2.75) is 25.8 Å². The zero-order valence-corrected chi connectivity index (χ0v) is 12.3. The minimum atomic E-state index is -0.0000926. The van der Waals surface area contributed by atoms with Crippen molar-refractivity contribution in [1.82, 2.24) is 4.98 Å². The highest BCUT2D eigenvalue weighted by atomic mass is 79.9. The maximum absolute atomic E-state index is 6.30. The van der Waals surface area contributed by atoms with E-state index in [1.165, 1.54) is 10.4 Å². The van der Waals surface area contributed by atoms with E-state index in [-0.39, 0.29) is 12.0 Å². The molecular formula is C13H15BrN2S. The van der Waals surface area contributed by atoms with E-state index < -0.39 is 0 Å². The quantitative estimate of drug-likeness (QED) is 0.930. The first kappa shape index (κ1) is 12.7. The minimum Gasteiger partial charge on any atom is -0.323 e. The van der Waals surface area contributed by atoms with Crippen LogP contribution in [0.3, 0.4) is 0 Å². The van der Waals surface area contributed by atoms with Crippen molar-refractivity contribution in [3.63, 3.8) is 0 Å². The maximum Gasteiger partial charge on any atom is 0.0731 e. The molecule has 0 aromatic carbocycles. The van der Waals surface area contributed by atoms with Crippen LogP contribution in [0.25, 0.3) is 0 Å². The lowest BCUT2D eigenvalue weighted by Gasteiger charge is -2.17. The van der Waals surface area contributed by atoms with E-state index in [4.69, 9.17) is 5.73 Å². The molecule has 4 heteroatoms. The third kappa shape index (κ3) is 2.76. The molecule has 0 saturated carbocycles. The summed E-state index contributed by atoms with van der Waals surface area (Å²) in [5, 5.41) is 0. The van der Waals surface area contributed by atoms with Gasteiger partial charge in [0.05, 0.1) is 3.79 Å². The number of hydrogen-bond acceptors (Lipinski definition) is 3. The third-order valence-electron chi connectivity index (χ3n) is 2.90. The van der Waals surface area contributed by atoms with Crippen molar-refractivity contribution < 1.29 is 0 Å². The van der Waals surface area contributed by atoms with Crippen molar-refractivity contribution >= 4 is 27.3 Å².